The minimum atomic E-state index is 0.426. The molecule has 0 bridgehead atoms. The van der Waals surface area contributed by atoms with Crippen molar-refractivity contribution in [2.75, 3.05) is 6.54 Å². The zero-order chi connectivity index (χ0) is 11.0. The van der Waals surface area contributed by atoms with Crippen LogP contribution in [0.4, 0.5) is 0 Å². The molecule has 0 radical (unpaired) electrons. The van der Waals surface area contributed by atoms with Crippen molar-refractivity contribution in [2.45, 2.75) is 33.6 Å². The third-order valence-electron chi connectivity index (χ3n) is 3.24. The molecule has 2 rings (SSSR count). The summed E-state index contributed by atoms with van der Waals surface area (Å²) in [7, 11) is 0. The molecule has 80 valence electrons. The maximum absolute atomic E-state index is 9.81. The number of phenols is 1. The van der Waals surface area contributed by atoms with Gasteiger partial charge in [-0.1, -0.05) is 0 Å². The molecule has 0 aliphatic carbocycles. The highest BCUT2D eigenvalue weighted by molar-refractivity contribution is 6.03. The van der Waals surface area contributed by atoms with Crippen molar-refractivity contribution in [2.24, 2.45) is 4.99 Å². The van der Waals surface area contributed by atoms with Crippen LogP contribution in [0.1, 0.15) is 35.1 Å². The molecule has 0 atom stereocenters. The number of nitrogens with zero attached hydrogens (tertiary/aromatic N) is 1. The van der Waals surface area contributed by atoms with Gasteiger partial charge in [-0.3, -0.25) is 4.99 Å². The molecule has 0 unspecified atom stereocenters. The van der Waals surface area contributed by atoms with Gasteiger partial charge in [-0.2, -0.15) is 0 Å². The van der Waals surface area contributed by atoms with Crippen LogP contribution in [0.3, 0.4) is 0 Å². The van der Waals surface area contributed by atoms with Gasteiger partial charge in [0.25, 0.3) is 0 Å². The lowest BCUT2D eigenvalue weighted by atomic mass is 9.95. The fourth-order valence-corrected chi connectivity index (χ4v) is 2.13. The molecule has 0 saturated carbocycles. The average Bonchev–Trinajstić information content (AvgIpc) is 2.73. The van der Waals surface area contributed by atoms with Crippen LogP contribution in [0.5, 0.6) is 5.75 Å². The van der Waals surface area contributed by atoms with E-state index in [0.717, 1.165) is 30.5 Å². The zero-order valence-corrected chi connectivity index (χ0v) is 9.59. The van der Waals surface area contributed by atoms with Gasteiger partial charge in [0.05, 0.1) is 0 Å². The number of aromatic hydroxyl groups is 1. The Balaban J connectivity index is 2.57. The molecule has 0 aromatic heterocycles. The Hall–Kier alpha value is -1.31. The molecule has 0 spiro atoms. The molecule has 2 nitrogen and oxygen atoms in total. The van der Waals surface area contributed by atoms with Gasteiger partial charge < -0.3 is 5.11 Å². The predicted octanol–water partition coefficient (Wildman–Crippen LogP) is 2.90. The van der Waals surface area contributed by atoms with E-state index in [1.165, 1.54) is 16.8 Å². The van der Waals surface area contributed by atoms with E-state index < -0.39 is 0 Å². The molecule has 0 fully saturated rings. The Kier molecular flexibility index (Phi) is 2.51. The van der Waals surface area contributed by atoms with Crippen molar-refractivity contribution in [1.29, 1.82) is 0 Å². The molecular formula is C13H17NO. The summed E-state index contributed by atoms with van der Waals surface area (Å²) in [4.78, 5) is 4.51. The Labute approximate surface area is 90.7 Å². The number of hydrogen-bond acceptors (Lipinski definition) is 2. The topological polar surface area (TPSA) is 32.6 Å². The summed E-state index contributed by atoms with van der Waals surface area (Å²) in [6, 6.07) is 2.06. The van der Waals surface area contributed by atoms with E-state index in [9.17, 15) is 5.11 Å². The van der Waals surface area contributed by atoms with Gasteiger partial charge in [0.2, 0.25) is 0 Å². The summed E-state index contributed by atoms with van der Waals surface area (Å²) in [6.45, 7) is 6.93. The Morgan fingerprint density at radius 2 is 1.93 bits per heavy atom. The van der Waals surface area contributed by atoms with Crippen LogP contribution in [0.25, 0.3) is 0 Å². The van der Waals surface area contributed by atoms with E-state index in [1.54, 1.807) is 0 Å². The number of aryl methyl sites for hydroxylation is 1. The van der Waals surface area contributed by atoms with Gasteiger partial charge in [-0.05, 0) is 61.9 Å². The monoisotopic (exact) mass is 203 g/mol. The molecule has 0 amide bonds. The van der Waals surface area contributed by atoms with E-state index in [0.29, 0.717) is 5.75 Å². The van der Waals surface area contributed by atoms with Crippen LogP contribution in [0, 0.1) is 20.8 Å². The van der Waals surface area contributed by atoms with Crippen molar-refractivity contribution in [3.63, 3.8) is 0 Å². The third-order valence-corrected chi connectivity index (χ3v) is 3.24. The Morgan fingerprint density at radius 1 is 1.20 bits per heavy atom. The molecule has 1 aliphatic heterocycles. The first-order valence-electron chi connectivity index (χ1n) is 5.44. The lowest BCUT2D eigenvalue weighted by Gasteiger charge is -2.12. The second-order valence-electron chi connectivity index (χ2n) is 4.27. The van der Waals surface area contributed by atoms with Gasteiger partial charge >= 0.3 is 0 Å². The van der Waals surface area contributed by atoms with E-state index in [-0.39, 0.29) is 0 Å². The quantitative estimate of drug-likeness (QED) is 0.748. The molecule has 1 aromatic carbocycles. The number of phenolic OH excluding ortho intramolecular Hbond substituents is 1. The standard InChI is InChI=1S/C13H17NO/c1-8-7-11(12-5-4-6-14-12)9(2)10(3)13(8)15/h7,15H,4-6H2,1-3H3. The number of hydrogen-bond donors (Lipinski definition) is 1. The Morgan fingerprint density at radius 3 is 2.53 bits per heavy atom. The maximum atomic E-state index is 9.81. The van der Waals surface area contributed by atoms with E-state index >= 15 is 0 Å². The molecule has 1 aromatic rings. The van der Waals surface area contributed by atoms with Crippen LogP contribution in [-0.2, 0) is 0 Å². The molecule has 15 heavy (non-hydrogen) atoms. The third kappa shape index (κ3) is 1.65. The van der Waals surface area contributed by atoms with Gasteiger partial charge in [-0.15, -0.1) is 0 Å². The number of rotatable bonds is 1. The average molecular weight is 203 g/mol. The second-order valence-corrected chi connectivity index (χ2v) is 4.27. The molecule has 1 aliphatic rings. The van der Waals surface area contributed by atoms with Crippen LogP contribution >= 0.6 is 0 Å². The van der Waals surface area contributed by atoms with Crippen molar-refractivity contribution in [3.8, 4) is 5.75 Å². The highest BCUT2D eigenvalue weighted by atomic mass is 16.3. The summed E-state index contributed by atoms with van der Waals surface area (Å²) in [5.41, 5.74) is 5.53. The van der Waals surface area contributed by atoms with Crippen molar-refractivity contribution in [1.82, 2.24) is 0 Å². The number of aliphatic imine (C=N–C) groups is 1. The minimum Gasteiger partial charge on any atom is -0.507 e. The first-order valence-corrected chi connectivity index (χ1v) is 5.44. The van der Waals surface area contributed by atoms with E-state index in [2.05, 4.69) is 18.0 Å². The summed E-state index contributed by atoms with van der Waals surface area (Å²) in [5, 5.41) is 9.81. The summed E-state index contributed by atoms with van der Waals surface area (Å²) in [5.74, 6) is 0.426. The molecule has 1 heterocycles. The van der Waals surface area contributed by atoms with Gasteiger partial charge in [0, 0.05) is 12.3 Å². The van der Waals surface area contributed by atoms with Crippen LogP contribution < -0.4 is 0 Å². The van der Waals surface area contributed by atoms with Crippen LogP contribution in [-0.4, -0.2) is 17.4 Å². The summed E-state index contributed by atoms with van der Waals surface area (Å²) in [6.07, 6.45) is 2.23. The molecule has 0 saturated heterocycles. The smallest absolute Gasteiger partial charge is 0.121 e. The summed E-state index contributed by atoms with van der Waals surface area (Å²) >= 11 is 0. The normalized spacial score (nSPS) is 15.5. The van der Waals surface area contributed by atoms with Gasteiger partial charge in [0.1, 0.15) is 5.75 Å². The fourth-order valence-electron chi connectivity index (χ4n) is 2.13. The van der Waals surface area contributed by atoms with Gasteiger partial charge in [0.15, 0.2) is 0 Å². The first kappa shape index (κ1) is 10.2. The SMILES string of the molecule is Cc1cc(C2=NCCC2)c(C)c(C)c1O. The zero-order valence-electron chi connectivity index (χ0n) is 9.59. The van der Waals surface area contributed by atoms with Crippen LogP contribution in [0.2, 0.25) is 0 Å². The highest BCUT2D eigenvalue weighted by Gasteiger charge is 2.15. The molecule has 1 N–H and O–H groups in total. The van der Waals surface area contributed by atoms with Gasteiger partial charge in [-0.25, -0.2) is 0 Å². The lowest BCUT2D eigenvalue weighted by molar-refractivity contribution is 0.466. The van der Waals surface area contributed by atoms with Crippen molar-refractivity contribution < 1.29 is 5.11 Å². The lowest BCUT2D eigenvalue weighted by Crippen LogP contribution is -2.02. The first-order chi connectivity index (χ1) is 7.11. The highest BCUT2D eigenvalue weighted by Crippen LogP contribution is 2.29. The second kappa shape index (κ2) is 3.69. The fraction of sp³-hybridized carbons (Fsp3) is 0.462. The number of benzene rings is 1. The molecule has 2 heteroatoms. The molecular weight excluding hydrogens is 186 g/mol. The minimum absolute atomic E-state index is 0.426. The summed E-state index contributed by atoms with van der Waals surface area (Å²) < 4.78 is 0. The predicted molar refractivity (Wildman–Crippen MR) is 63.0 cm³/mol. The largest absolute Gasteiger partial charge is 0.507 e. The van der Waals surface area contributed by atoms with E-state index in [1.807, 2.05) is 13.8 Å². The van der Waals surface area contributed by atoms with Crippen molar-refractivity contribution >= 4 is 5.71 Å². The van der Waals surface area contributed by atoms with E-state index in [4.69, 9.17) is 0 Å². The van der Waals surface area contributed by atoms with Crippen molar-refractivity contribution in [3.05, 3.63) is 28.3 Å². The van der Waals surface area contributed by atoms with Crippen LogP contribution in [0.15, 0.2) is 11.1 Å². The Bertz CT molecular complexity index is 433. The maximum Gasteiger partial charge on any atom is 0.121 e.